The van der Waals surface area contributed by atoms with Crippen molar-refractivity contribution in [3.63, 3.8) is 0 Å². The third-order valence-electron chi connectivity index (χ3n) is 8.13. The number of aryl methyl sites for hydroxylation is 1. The van der Waals surface area contributed by atoms with Crippen molar-refractivity contribution in [2.24, 2.45) is 10.7 Å². The number of alkyl halides is 3. The van der Waals surface area contributed by atoms with Gasteiger partial charge in [-0.1, -0.05) is 62.9 Å². The van der Waals surface area contributed by atoms with Gasteiger partial charge in [0.15, 0.2) is 0 Å². The molecule has 49 heavy (non-hydrogen) atoms. The summed E-state index contributed by atoms with van der Waals surface area (Å²) in [5, 5.41) is 19.2. The number of nitrogens with two attached hydrogens (primary N) is 1. The van der Waals surface area contributed by atoms with E-state index in [1.54, 1.807) is 12.1 Å². The lowest BCUT2D eigenvalue weighted by atomic mass is 9.96. The normalized spacial score (nSPS) is 13.9. The average Bonchev–Trinajstić information content (AvgIpc) is 3.07. The second-order valence-electron chi connectivity index (χ2n) is 12.0. The smallest absolute Gasteiger partial charge is 0.402 e. The van der Waals surface area contributed by atoms with E-state index in [-0.39, 0.29) is 23.5 Å². The molecule has 0 atom stereocenters. The molecule has 1 aliphatic heterocycles. The maximum atomic E-state index is 14.4. The molecule has 0 spiro atoms. The van der Waals surface area contributed by atoms with E-state index in [4.69, 9.17) is 5.73 Å². The van der Waals surface area contributed by atoms with Gasteiger partial charge in [0.25, 0.3) is 0 Å². The topological polar surface area (TPSA) is 97.9 Å². The summed E-state index contributed by atoms with van der Waals surface area (Å²) in [5.41, 5.74) is 9.46. The molecule has 0 unspecified atom stereocenters. The van der Waals surface area contributed by atoms with E-state index in [0.29, 0.717) is 66.4 Å². The molecule has 0 bridgehead atoms. The van der Waals surface area contributed by atoms with Crippen molar-refractivity contribution in [2.45, 2.75) is 65.9 Å². The Hall–Kier alpha value is -4.19. The van der Waals surface area contributed by atoms with E-state index in [1.807, 2.05) is 44.3 Å². The van der Waals surface area contributed by atoms with Gasteiger partial charge in [0.2, 0.25) is 0 Å². The highest BCUT2D eigenvalue weighted by Crippen LogP contribution is 2.37. The van der Waals surface area contributed by atoms with Gasteiger partial charge in [0.05, 0.1) is 18.7 Å². The molecule has 1 aliphatic rings. The summed E-state index contributed by atoms with van der Waals surface area (Å²) in [6, 6.07) is 17.2. The van der Waals surface area contributed by atoms with E-state index < -0.39 is 24.2 Å². The summed E-state index contributed by atoms with van der Waals surface area (Å²) in [6.45, 7) is 12.3. The highest BCUT2D eigenvalue weighted by molar-refractivity contribution is 6.04. The van der Waals surface area contributed by atoms with E-state index in [1.165, 1.54) is 31.5 Å². The van der Waals surface area contributed by atoms with Crippen LogP contribution in [0.3, 0.4) is 0 Å². The SMILES string of the molecule is C=C(NC(=NCc1ccc(C)c(CO)c1C(F)(F)F)C1=C(N)CCN(Cc2ccccc2)C1)c1cc(F)ccc1NCCC.CCCNC. The van der Waals surface area contributed by atoms with Gasteiger partial charge in [-0.15, -0.1) is 0 Å². The maximum Gasteiger partial charge on any atom is 0.417 e. The molecule has 0 fully saturated rings. The van der Waals surface area contributed by atoms with Crippen LogP contribution in [0.1, 0.15) is 66.5 Å². The van der Waals surface area contributed by atoms with Gasteiger partial charge < -0.3 is 26.8 Å². The highest BCUT2D eigenvalue weighted by atomic mass is 19.4. The molecule has 4 rings (SSSR count). The van der Waals surface area contributed by atoms with Gasteiger partial charge in [-0.3, -0.25) is 9.89 Å². The molecular weight excluding hydrogens is 632 g/mol. The number of benzene rings is 3. The van der Waals surface area contributed by atoms with Gasteiger partial charge >= 0.3 is 6.18 Å². The molecule has 1 heterocycles. The van der Waals surface area contributed by atoms with Crippen molar-refractivity contribution in [3.8, 4) is 0 Å². The largest absolute Gasteiger partial charge is 0.417 e. The summed E-state index contributed by atoms with van der Waals surface area (Å²) in [5.74, 6) is -0.199. The number of amidine groups is 1. The molecule has 0 radical (unpaired) electrons. The van der Waals surface area contributed by atoms with Crippen LogP contribution in [-0.4, -0.2) is 49.1 Å². The number of aliphatic hydroxyl groups excluding tert-OH is 1. The third-order valence-corrected chi connectivity index (χ3v) is 8.13. The van der Waals surface area contributed by atoms with Crippen LogP contribution < -0.4 is 21.7 Å². The van der Waals surface area contributed by atoms with Crippen LogP contribution in [0.2, 0.25) is 0 Å². The van der Waals surface area contributed by atoms with Crippen molar-refractivity contribution >= 4 is 17.2 Å². The van der Waals surface area contributed by atoms with Crippen LogP contribution in [0.15, 0.2) is 83.5 Å². The summed E-state index contributed by atoms with van der Waals surface area (Å²) in [6.07, 6.45) is -2.08. The third kappa shape index (κ3) is 11.4. The molecule has 266 valence electrons. The number of hydrogen-bond acceptors (Lipinski definition) is 6. The van der Waals surface area contributed by atoms with Gasteiger partial charge in [-0.2, -0.15) is 13.2 Å². The van der Waals surface area contributed by atoms with Crippen LogP contribution in [0.5, 0.6) is 0 Å². The lowest BCUT2D eigenvalue weighted by molar-refractivity contribution is -0.139. The van der Waals surface area contributed by atoms with E-state index in [9.17, 15) is 22.7 Å². The van der Waals surface area contributed by atoms with Crippen LogP contribution in [0.25, 0.3) is 5.70 Å². The monoisotopic (exact) mass is 682 g/mol. The fraction of sp³-hybridized carbons (Fsp3) is 0.395. The number of anilines is 1. The first kappa shape index (κ1) is 39.3. The quantitative estimate of drug-likeness (QED) is 0.0735. The van der Waals surface area contributed by atoms with Crippen molar-refractivity contribution < 1.29 is 22.7 Å². The van der Waals surface area contributed by atoms with Gasteiger partial charge in [-0.05, 0) is 73.8 Å². The molecule has 6 N–H and O–H groups in total. The average molecular weight is 683 g/mol. The number of hydrogen-bond donors (Lipinski definition) is 5. The van der Waals surface area contributed by atoms with Gasteiger partial charge in [0.1, 0.15) is 11.7 Å². The Morgan fingerprint density at radius 3 is 2.37 bits per heavy atom. The Morgan fingerprint density at radius 1 is 1.04 bits per heavy atom. The minimum Gasteiger partial charge on any atom is -0.402 e. The number of aliphatic hydroxyl groups is 1. The molecule has 11 heteroatoms. The number of halogens is 4. The number of rotatable bonds is 13. The fourth-order valence-electron chi connectivity index (χ4n) is 5.54. The lowest BCUT2D eigenvalue weighted by Crippen LogP contribution is -2.39. The summed E-state index contributed by atoms with van der Waals surface area (Å²) < 4.78 is 57.1. The molecular formula is C38H50F4N6O. The molecule has 0 saturated carbocycles. The summed E-state index contributed by atoms with van der Waals surface area (Å²) in [4.78, 5) is 6.84. The van der Waals surface area contributed by atoms with Crippen molar-refractivity contribution in [1.29, 1.82) is 0 Å². The standard InChI is InChI=1S/C34H39F4N5O.C4H11N/c1-4-15-40-31-13-12-26(35)17-27(31)23(3)42-33(28-20-43(16-14-30(28)39)19-24-8-6-5-7-9-24)41-18-25-11-10-22(2)29(21-44)32(25)34(36,37)38;1-3-4-5-2/h5-13,17,40,44H,3-4,14-16,18-21,39H2,1-2H3,(H,41,42);5H,3-4H2,1-2H3. The molecule has 3 aromatic rings. The Balaban J connectivity index is 0.00000121. The van der Waals surface area contributed by atoms with Gasteiger partial charge in [-0.25, -0.2) is 4.39 Å². The number of nitrogens with zero attached hydrogens (tertiary/aromatic N) is 2. The van der Waals surface area contributed by atoms with E-state index in [0.717, 1.165) is 18.5 Å². The first-order chi connectivity index (χ1) is 23.4. The first-order valence-electron chi connectivity index (χ1n) is 16.7. The predicted octanol–water partition coefficient (Wildman–Crippen LogP) is 7.36. The number of aliphatic imine (C=N–C) groups is 1. The summed E-state index contributed by atoms with van der Waals surface area (Å²) in [7, 11) is 1.96. The summed E-state index contributed by atoms with van der Waals surface area (Å²) >= 11 is 0. The lowest BCUT2D eigenvalue weighted by Gasteiger charge is -2.31. The molecule has 0 aromatic heterocycles. The minimum atomic E-state index is -4.69. The van der Waals surface area contributed by atoms with Crippen LogP contribution >= 0.6 is 0 Å². The molecule has 0 aliphatic carbocycles. The second kappa shape index (κ2) is 19.1. The fourth-order valence-corrected chi connectivity index (χ4v) is 5.54. The second-order valence-corrected chi connectivity index (χ2v) is 12.0. The zero-order valence-electron chi connectivity index (χ0n) is 29.0. The van der Waals surface area contributed by atoms with Gasteiger partial charge in [0, 0.05) is 60.8 Å². The Bertz CT molecular complexity index is 1590. The molecule has 0 amide bonds. The minimum absolute atomic E-state index is 0.0794. The maximum absolute atomic E-state index is 14.4. The first-order valence-corrected chi connectivity index (χ1v) is 16.7. The van der Waals surface area contributed by atoms with Crippen LogP contribution in [-0.2, 0) is 25.9 Å². The predicted molar refractivity (Wildman–Crippen MR) is 192 cm³/mol. The van der Waals surface area contributed by atoms with Crippen molar-refractivity contribution in [1.82, 2.24) is 15.5 Å². The van der Waals surface area contributed by atoms with E-state index >= 15 is 0 Å². The Morgan fingerprint density at radius 2 is 1.76 bits per heavy atom. The zero-order valence-corrected chi connectivity index (χ0v) is 29.0. The van der Waals surface area contributed by atoms with E-state index in [2.05, 4.69) is 39.3 Å². The highest BCUT2D eigenvalue weighted by Gasteiger charge is 2.36. The molecule has 7 nitrogen and oxygen atoms in total. The Kier molecular flexibility index (Phi) is 15.3. The molecule has 0 saturated heterocycles. The van der Waals surface area contributed by atoms with Crippen LogP contribution in [0.4, 0.5) is 23.2 Å². The van der Waals surface area contributed by atoms with Crippen molar-refractivity contribution in [2.75, 3.05) is 38.5 Å². The molecule has 3 aromatic carbocycles. The number of nitrogens with one attached hydrogen (secondary N) is 3. The van der Waals surface area contributed by atoms with Crippen LogP contribution in [0, 0.1) is 12.7 Å². The van der Waals surface area contributed by atoms with Crippen molar-refractivity contribution in [3.05, 3.63) is 118 Å². The Labute approximate surface area is 288 Å². The zero-order chi connectivity index (χ0) is 36.0.